The Morgan fingerprint density at radius 3 is 2.43 bits per heavy atom. The minimum Gasteiger partial charge on any atom is -0.434 e. The standard InChI is InChI=1S/C18H17F4N3O3/c19-10-1-3-11(4-2-10)25-6-5-14(23-25)16-12-7-24(8-13(12)16)17(27)28-15(9-26)18(20,21)22/h1-6,12-13,15-16,26H,7-9H2. The van der Waals surface area contributed by atoms with Gasteiger partial charge in [-0.15, -0.1) is 0 Å². The fraction of sp³-hybridized carbons (Fsp3) is 0.444. The summed E-state index contributed by atoms with van der Waals surface area (Å²) in [5.74, 6) is 0.0148. The van der Waals surface area contributed by atoms with E-state index in [0.717, 1.165) is 5.69 Å². The summed E-state index contributed by atoms with van der Waals surface area (Å²) < 4.78 is 56.9. The lowest BCUT2D eigenvalue weighted by atomic mass is 10.2. The van der Waals surface area contributed by atoms with Crippen LogP contribution in [0.5, 0.6) is 0 Å². The van der Waals surface area contributed by atoms with Gasteiger partial charge >= 0.3 is 12.3 Å². The molecule has 150 valence electrons. The number of nitrogens with zero attached hydrogens (tertiary/aromatic N) is 3. The number of aliphatic hydroxyl groups is 1. The zero-order valence-corrected chi connectivity index (χ0v) is 14.5. The number of alkyl halides is 3. The third-order valence-corrected chi connectivity index (χ3v) is 5.27. The Bertz CT molecular complexity index is 856. The van der Waals surface area contributed by atoms with Gasteiger partial charge in [0.15, 0.2) is 0 Å². The number of rotatable bonds is 4. The minimum absolute atomic E-state index is 0.114. The minimum atomic E-state index is -4.80. The first-order valence-corrected chi connectivity index (χ1v) is 8.72. The van der Waals surface area contributed by atoms with Crippen molar-refractivity contribution in [2.45, 2.75) is 18.2 Å². The number of aliphatic hydroxyl groups excluding tert-OH is 1. The smallest absolute Gasteiger partial charge is 0.427 e. The largest absolute Gasteiger partial charge is 0.434 e. The number of carbonyl (C=O) groups excluding carboxylic acids is 1. The first kappa shape index (κ1) is 18.7. The van der Waals surface area contributed by atoms with Crippen LogP contribution in [0.2, 0.25) is 0 Å². The molecule has 1 amide bonds. The van der Waals surface area contributed by atoms with Crippen LogP contribution in [-0.4, -0.2) is 57.9 Å². The predicted octanol–water partition coefficient (Wildman–Crippen LogP) is 2.72. The Balaban J connectivity index is 1.35. The first-order chi connectivity index (χ1) is 13.3. The highest BCUT2D eigenvalue weighted by atomic mass is 19.4. The van der Waals surface area contributed by atoms with Crippen molar-refractivity contribution in [2.75, 3.05) is 19.7 Å². The number of amides is 1. The van der Waals surface area contributed by atoms with Crippen LogP contribution < -0.4 is 0 Å². The van der Waals surface area contributed by atoms with Crippen LogP contribution in [0, 0.1) is 17.7 Å². The molecule has 1 aliphatic carbocycles. The normalized spacial score (nSPS) is 24.8. The Morgan fingerprint density at radius 2 is 1.86 bits per heavy atom. The van der Waals surface area contributed by atoms with E-state index < -0.39 is 25.0 Å². The molecule has 2 fully saturated rings. The molecule has 3 atom stereocenters. The second kappa shape index (κ2) is 6.77. The van der Waals surface area contributed by atoms with E-state index in [4.69, 9.17) is 5.11 Å². The van der Waals surface area contributed by atoms with Crippen molar-refractivity contribution in [1.82, 2.24) is 14.7 Å². The molecule has 1 saturated carbocycles. The molecule has 1 aromatic carbocycles. The van der Waals surface area contributed by atoms with Gasteiger partial charge in [0.2, 0.25) is 6.10 Å². The summed E-state index contributed by atoms with van der Waals surface area (Å²) in [7, 11) is 0. The zero-order valence-electron chi connectivity index (χ0n) is 14.5. The van der Waals surface area contributed by atoms with Gasteiger partial charge in [0.1, 0.15) is 5.82 Å². The van der Waals surface area contributed by atoms with Crippen LogP contribution >= 0.6 is 0 Å². The van der Waals surface area contributed by atoms with E-state index in [1.165, 1.54) is 17.0 Å². The summed E-state index contributed by atoms with van der Waals surface area (Å²) in [5, 5.41) is 13.3. The van der Waals surface area contributed by atoms with Crippen LogP contribution in [0.3, 0.4) is 0 Å². The number of benzene rings is 1. The number of aromatic nitrogens is 2. The Morgan fingerprint density at radius 1 is 1.21 bits per heavy atom. The van der Waals surface area contributed by atoms with Gasteiger partial charge in [0.05, 0.1) is 18.0 Å². The number of ether oxygens (including phenoxy) is 1. The van der Waals surface area contributed by atoms with E-state index in [0.29, 0.717) is 5.69 Å². The van der Waals surface area contributed by atoms with Gasteiger partial charge < -0.3 is 14.7 Å². The van der Waals surface area contributed by atoms with Gasteiger partial charge in [-0.1, -0.05) is 0 Å². The van der Waals surface area contributed by atoms with Crippen LogP contribution in [0.25, 0.3) is 5.69 Å². The molecule has 2 aliphatic rings. The monoisotopic (exact) mass is 399 g/mol. The van der Waals surface area contributed by atoms with Crippen molar-refractivity contribution in [3.8, 4) is 5.69 Å². The Hall–Kier alpha value is -2.62. The number of hydrogen-bond donors (Lipinski definition) is 1. The van der Waals surface area contributed by atoms with E-state index in [1.54, 1.807) is 23.0 Å². The van der Waals surface area contributed by atoms with Gasteiger partial charge in [0.25, 0.3) is 0 Å². The highest BCUT2D eigenvalue weighted by molar-refractivity contribution is 5.69. The molecule has 2 heterocycles. The molecular weight excluding hydrogens is 382 g/mol. The van der Waals surface area contributed by atoms with E-state index in [9.17, 15) is 22.4 Å². The van der Waals surface area contributed by atoms with Gasteiger partial charge in [-0.2, -0.15) is 18.3 Å². The van der Waals surface area contributed by atoms with Crippen LogP contribution in [0.4, 0.5) is 22.4 Å². The lowest BCUT2D eigenvalue weighted by molar-refractivity contribution is -0.214. The molecule has 0 bridgehead atoms. The molecule has 4 rings (SSSR count). The maximum atomic E-state index is 13.0. The van der Waals surface area contributed by atoms with Crippen molar-refractivity contribution in [1.29, 1.82) is 0 Å². The molecule has 28 heavy (non-hydrogen) atoms. The van der Waals surface area contributed by atoms with Gasteiger partial charge in [-0.3, -0.25) is 0 Å². The fourth-order valence-electron chi connectivity index (χ4n) is 3.77. The predicted molar refractivity (Wildman–Crippen MR) is 88.2 cm³/mol. The van der Waals surface area contributed by atoms with E-state index in [2.05, 4.69) is 9.84 Å². The summed E-state index contributed by atoms with van der Waals surface area (Å²) in [6.45, 7) is -0.736. The van der Waals surface area contributed by atoms with Crippen molar-refractivity contribution < 1.29 is 32.2 Å². The van der Waals surface area contributed by atoms with Crippen molar-refractivity contribution in [3.05, 3.63) is 48.0 Å². The van der Waals surface area contributed by atoms with E-state index in [-0.39, 0.29) is 36.7 Å². The second-order valence-electron chi connectivity index (χ2n) is 7.02. The molecule has 1 aromatic heterocycles. The highest BCUT2D eigenvalue weighted by Gasteiger charge is 2.59. The van der Waals surface area contributed by atoms with Crippen molar-refractivity contribution >= 4 is 6.09 Å². The molecule has 0 spiro atoms. The lowest BCUT2D eigenvalue weighted by Gasteiger charge is -2.24. The van der Waals surface area contributed by atoms with Crippen LogP contribution in [0.1, 0.15) is 11.6 Å². The third-order valence-electron chi connectivity index (χ3n) is 5.27. The number of carbonyl (C=O) groups is 1. The molecular formula is C18H17F4N3O3. The second-order valence-corrected chi connectivity index (χ2v) is 7.02. The number of fused-ring (bicyclic) bond motifs is 1. The number of piperidine rings is 1. The van der Waals surface area contributed by atoms with Gasteiger partial charge in [-0.05, 0) is 42.2 Å². The van der Waals surface area contributed by atoms with E-state index in [1.807, 2.05) is 6.07 Å². The molecule has 1 saturated heterocycles. The molecule has 6 nitrogen and oxygen atoms in total. The van der Waals surface area contributed by atoms with Crippen molar-refractivity contribution in [2.24, 2.45) is 11.8 Å². The topological polar surface area (TPSA) is 67.6 Å². The SMILES string of the molecule is O=C(OC(CO)C(F)(F)F)N1CC2C(C1)C2c1ccn(-c2ccc(F)cc2)n1. The zero-order chi connectivity index (χ0) is 20.1. The first-order valence-electron chi connectivity index (χ1n) is 8.72. The van der Waals surface area contributed by atoms with E-state index >= 15 is 0 Å². The fourth-order valence-corrected chi connectivity index (χ4v) is 3.77. The molecule has 10 heteroatoms. The third kappa shape index (κ3) is 3.44. The highest BCUT2D eigenvalue weighted by Crippen LogP contribution is 2.57. The van der Waals surface area contributed by atoms with Crippen LogP contribution in [0.15, 0.2) is 36.5 Å². The number of likely N-dealkylation sites (tertiary alicyclic amines) is 1. The maximum Gasteiger partial charge on any atom is 0.427 e. The summed E-state index contributed by atoms with van der Waals surface area (Å²) in [6, 6.07) is 7.74. The quantitative estimate of drug-likeness (QED) is 0.803. The maximum absolute atomic E-state index is 13.0. The Kier molecular flexibility index (Phi) is 4.53. The summed E-state index contributed by atoms with van der Waals surface area (Å²) >= 11 is 0. The van der Waals surface area contributed by atoms with Gasteiger partial charge in [-0.25, -0.2) is 13.9 Å². The summed E-state index contributed by atoms with van der Waals surface area (Å²) in [6.07, 6.45) is -6.63. The average molecular weight is 399 g/mol. The summed E-state index contributed by atoms with van der Waals surface area (Å²) in [4.78, 5) is 13.2. The summed E-state index contributed by atoms with van der Waals surface area (Å²) in [5.41, 5.74) is 1.54. The van der Waals surface area contributed by atoms with Gasteiger partial charge in [0, 0.05) is 25.2 Å². The lowest BCUT2D eigenvalue weighted by Crippen LogP contribution is -2.42. The molecule has 1 N–H and O–H groups in total. The molecule has 3 unspecified atom stereocenters. The molecule has 0 radical (unpaired) electrons. The molecule has 1 aliphatic heterocycles. The molecule has 2 aromatic rings. The Labute approximate surface area is 157 Å². The van der Waals surface area contributed by atoms with Crippen LogP contribution in [-0.2, 0) is 4.74 Å². The van der Waals surface area contributed by atoms with Crippen molar-refractivity contribution in [3.63, 3.8) is 0 Å². The number of halogens is 4. The number of hydrogen-bond acceptors (Lipinski definition) is 4. The average Bonchev–Trinajstić information content (AvgIpc) is 3.04.